The van der Waals surface area contributed by atoms with Crippen molar-refractivity contribution in [1.29, 1.82) is 0 Å². The van der Waals surface area contributed by atoms with Gasteiger partial charge in [-0.2, -0.15) is 0 Å². The molecule has 0 unspecified atom stereocenters. The minimum absolute atomic E-state index is 0.0245. The fourth-order valence-corrected chi connectivity index (χ4v) is 3.51. The fourth-order valence-electron chi connectivity index (χ4n) is 2.67. The highest BCUT2D eigenvalue weighted by Crippen LogP contribution is 2.35. The number of nitrogens with zero attached hydrogens (tertiary/aromatic N) is 2. The number of imide groups is 1. The molecule has 8 nitrogen and oxygen atoms in total. The van der Waals surface area contributed by atoms with Crippen molar-refractivity contribution in [2.45, 2.75) is 13.5 Å². The van der Waals surface area contributed by atoms with Gasteiger partial charge in [0.2, 0.25) is 0 Å². The largest absolute Gasteiger partial charge is 0.504 e. The molecule has 9 heteroatoms. The summed E-state index contributed by atoms with van der Waals surface area (Å²) in [7, 11) is 0. The molecular formula is C19H16N2O6S. The van der Waals surface area contributed by atoms with Crippen LogP contribution in [0.5, 0.6) is 11.5 Å². The molecule has 1 fully saturated rings. The molecule has 1 saturated heterocycles. The molecule has 1 aliphatic heterocycles. The van der Waals surface area contributed by atoms with Crippen LogP contribution in [0.4, 0.5) is 10.5 Å². The van der Waals surface area contributed by atoms with Gasteiger partial charge in [0.15, 0.2) is 11.5 Å². The number of nitro benzene ring substituents is 1. The van der Waals surface area contributed by atoms with E-state index in [1.54, 1.807) is 25.1 Å². The zero-order valence-corrected chi connectivity index (χ0v) is 15.6. The summed E-state index contributed by atoms with van der Waals surface area (Å²) in [6, 6.07) is 10.6. The zero-order chi connectivity index (χ0) is 20.3. The van der Waals surface area contributed by atoms with E-state index in [0.29, 0.717) is 12.2 Å². The van der Waals surface area contributed by atoms with Gasteiger partial charge in [-0.1, -0.05) is 24.3 Å². The maximum absolute atomic E-state index is 12.6. The number of amides is 2. The van der Waals surface area contributed by atoms with Gasteiger partial charge in [-0.3, -0.25) is 24.6 Å². The van der Waals surface area contributed by atoms with Crippen molar-refractivity contribution in [3.05, 3.63) is 68.6 Å². The first kappa shape index (κ1) is 19.4. The summed E-state index contributed by atoms with van der Waals surface area (Å²) < 4.78 is 5.31. The lowest BCUT2D eigenvalue weighted by atomic mass is 10.1. The molecule has 2 aromatic carbocycles. The van der Waals surface area contributed by atoms with Crippen molar-refractivity contribution >= 4 is 34.7 Å². The summed E-state index contributed by atoms with van der Waals surface area (Å²) in [6.45, 7) is 1.96. The summed E-state index contributed by atoms with van der Waals surface area (Å²) in [4.78, 5) is 36.7. The summed E-state index contributed by atoms with van der Waals surface area (Å²) in [5, 5.41) is 20.4. The van der Waals surface area contributed by atoms with Gasteiger partial charge >= 0.3 is 0 Å². The maximum Gasteiger partial charge on any atom is 0.293 e. The lowest BCUT2D eigenvalue weighted by Crippen LogP contribution is -2.27. The number of carbonyl (C=O) groups excluding carboxylic acids is 2. The third kappa shape index (κ3) is 3.99. The predicted octanol–water partition coefficient (Wildman–Crippen LogP) is 3.94. The van der Waals surface area contributed by atoms with Crippen molar-refractivity contribution in [1.82, 2.24) is 4.90 Å². The zero-order valence-electron chi connectivity index (χ0n) is 14.8. The van der Waals surface area contributed by atoms with Gasteiger partial charge in [0.25, 0.3) is 16.8 Å². The highest BCUT2D eigenvalue weighted by atomic mass is 32.2. The molecule has 0 aromatic heterocycles. The first-order valence-electron chi connectivity index (χ1n) is 8.34. The third-order valence-corrected chi connectivity index (χ3v) is 4.88. The minimum atomic E-state index is -0.546. The van der Waals surface area contributed by atoms with Crippen LogP contribution in [0, 0.1) is 10.1 Å². The Labute approximate surface area is 164 Å². The third-order valence-electron chi connectivity index (χ3n) is 3.97. The van der Waals surface area contributed by atoms with E-state index in [9.17, 15) is 24.8 Å². The second-order valence-corrected chi connectivity index (χ2v) is 6.81. The van der Waals surface area contributed by atoms with Crippen molar-refractivity contribution in [3.8, 4) is 11.5 Å². The summed E-state index contributed by atoms with van der Waals surface area (Å²) in [5.41, 5.74) is 0.710. The molecule has 3 rings (SSSR count). The molecule has 0 aliphatic carbocycles. The van der Waals surface area contributed by atoms with E-state index in [-0.39, 0.29) is 34.2 Å². The summed E-state index contributed by atoms with van der Waals surface area (Å²) in [5.74, 6) is -0.280. The van der Waals surface area contributed by atoms with Gasteiger partial charge in [-0.25, -0.2) is 0 Å². The van der Waals surface area contributed by atoms with E-state index in [1.807, 2.05) is 0 Å². The average Bonchev–Trinajstić information content (AvgIpc) is 2.92. The molecule has 0 atom stereocenters. The Morgan fingerprint density at radius 1 is 1.25 bits per heavy atom. The number of ether oxygens (including phenoxy) is 1. The Bertz CT molecular complexity index is 988. The molecule has 0 spiro atoms. The van der Waals surface area contributed by atoms with Gasteiger partial charge in [0, 0.05) is 11.6 Å². The van der Waals surface area contributed by atoms with Crippen LogP contribution in [0.15, 0.2) is 47.4 Å². The number of benzene rings is 2. The lowest BCUT2D eigenvalue weighted by molar-refractivity contribution is -0.385. The van der Waals surface area contributed by atoms with Gasteiger partial charge in [-0.05, 0) is 42.5 Å². The fraction of sp³-hybridized carbons (Fsp3) is 0.158. The maximum atomic E-state index is 12.6. The molecule has 144 valence electrons. The van der Waals surface area contributed by atoms with Gasteiger partial charge in [-0.15, -0.1) is 0 Å². The highest BCUT2D eigenvalue weighted by Gasteiger charge is 2.36. The quantitative estimate of drug-likeness (QED) is 0.444. The van der Waals surface area contributed by atoms with Crippen LogP contribution >= 0.6 is 11.8 Å². The number of carbonyl (C=O) groups is 2. The molecule has 2 aromatic rings. The number of phenols is 1. The molecule has 0 saturated carbocycles. The Morgan fingerprint density at radius 2 is 2.00 bits per heavy atom. The van der Waals surface area contributed by atoms with Crippen LogP contribution in [0.2, 0.25) is 0 Å². The second-order valence-electron chi connectivity index (χ2n) is 5.81. The van der Waals surface area contributed by atoms with E-state index in [2.05, 4.69) is 0 Å². The lowest BCUT2D eigenvalue weighted by Gasteiger charge is -2.12. The van der Waals surface area contributed by atoms with Gasteiger partial charge < -0.3 is 9.84 Å². The van der Waals surface area contributed by atoms with Crippen LogP contribution in [0.25, 0.3) is 6.08 Å². The van der Waals surface area contributed by atoms with Crippen LogP contribution < -0.4 is 4.74 Å². The van der Waals surface area contributed by atoms with Crippen molar-refractivity contribution in [3.63, 3.8) is 0 Å². The summed E-state index contributed by atoms with van der Waals surface area (Å²) >= 11 is 0.759. The SMILES string of the molecule is CCOc1cc(/C=C2\SC(=O)N(Cc3ccccc3[N+](=O)[O-])C2=O)ccc1O. The molecule has 0 radical (unpaired) electrons. The van der Waals surface area contributed by atoms with Crippen LogP contribution in [0.3, 0.4) is 0 Å². The smallest absolute Gasteiger partial charge is 0.293 e. The Kier molecular flexibility index (Phi) is 5.65. The topological polar surface area (TPSA) is 110 Å². The van der Waals surface area contributed by atoms with E-state index < -0.39 is 16.1 Å². The molecule has 28 heavy (non-hydrogen) atoms. The normalized spacial score (nSPS) is 15.3. The van der Waals surface area contributed by atoms with E-state index in [0.717, 1.165) is 16.7 Å². The molecular weight excluding hydrogens is 384 g/mol. The first-order chi connectivity index (χ1) is 13.4. The van der Waals surface area contributed by atoms with E-state index >= 15 is 0 Å². The average molecular weight is 400 g/mol. The summed E-state index contributed by atoms with van der Waals surface area (Å²) in [6.07, 6.45) is 1.52. The second kappa shape index (κ2) is 8.13. The number of hydrogen-bond donors (Lipinski definition) is 1. The highest BCUT2D eigenvalue weighted by molar-refractivity contribution is 8.18. The molecule has 0 bridgehead atoms. The Balaban J connectivity index is 1.85. The van der Waals surface area contributed by atoms with E-state index in [1.165, 1.54) is 30.3 Å². The monoisotopic (exact) mass is 400 g/mol. The van der Waals surface area contributed by atoms with Crippen molar-refractivity contribution < 1.29 is 24.4 Å². The minimum Gasteiger partial charge on any atom is -0.504 e. The predicted molar refractivity (Wildman–Crippen MR) is 104 cm³/mol. The van der Waals surface area contributed by atoms with Gasteiger partial charge in [0.1, 0.15) is 0 Å². The van der Waals surface area contributed by atoms with E-state index in [4.69, 9.17) is 4.74 Å². The number of para-hydroxylation sites is 1. The van der Waals surface area contributed by atoms with Crippen molar-refractivity contribution in [2.24, 2.45) is 0 Å². The molecule has 1 N–H and O–H groups in total. The Morgan fingerprint density at radius 3 is 2.71 bits per heavy atom. The van der Waals surface area contributed by atoms with Crippen molar-refractivity contribution in [2.75, 3.05) is 6.61 Å². The first-order valence-corrected chi connectivity index (χ1v) is 9.15. The number of phenolic OH excluding ortho intramolecular Hbond substituents is 1. The molecule has 1 heterocycles. The number of aromatic hydroxyl groups is 1. The molecule has 2 amide bonds. The Hall–Kier alpha value is -3.33. The molecule has 1 aliphatic rings. The van der Waals surface area contributed by atoms with Crippen LogP contribution in [-0.2, 0) is 11.3 Å². The standard InChI is InChI=1S/C19H16N2O6S/c1-2-27-16-9-12(7-8-15(16)22)10-17-18(23)20(19(24)28-17)11-13-5-3-4-6-14(13)21(25)26/h3-10,22H,2,11H2,1H3/b17-10-. The number of hydrogen-bond acceptors (Lipinski definition) is 7. The number of thioether (sulfide) groups is 1. The van der Waals surface area contributed by atoms with Crippen LogP contribution in [0.1, 0.15) is 18.1 Å². The van der Waals surface area contributed by atoms with Gasteiger partial charge in [0.05, 0.1) is 23.0 Å². The number of rotatable bonds is 6. The van der Waals surface area contributed by atoms with Crippen LogP contribution in [-0.4, -0.2) is 32.7 Å². The number of nitro groups is 1.